The number of sulfone groups is 1. The molecule has 0 amide bonds. The van der Waals surface area contributed by atoms with Crippen molar-refractivity contribution in [2.24, 2.45) is 0 Å². The number of benzene rings is 3. The second kappa shape index (κ2) is 7.31. The summed E-state index contributed by atoms with van der Waals surface area (Å²) in [4.78, 5) is 10.3. The zero-order valence-corrected chi connectivity index (χ0v) is 14.8. The van der Waals surface area contributed by atoms with Gasteiger partial charge in [0.05, 0.1) is 5.75 Å². The van der Waals surface area contributed by atoms with E-state index in [4.69, 9.17) is 0 Å². The molecule has 0 unspecified atom stereocenters. The molecule has 0 saturated carbocycles. The molecule has 3 nitrogen and oxygen atoms in total. The first-order chi connectivity index (χ1) is 13.1. The van der Waals surface area contributed by atoms with E-state index in [2.05, 4.69) is 0 Å². The lowest BCUT2D eigenvalue weighted by Crippen LogP contribution is -2.17. The summed E-state index contributed by atoms with van der Waals surface area (Å²) < 4.78 is 91.3. The van der Waals surface area contributed by atoms with E-state index in [-0.39, 0.29) is 5.56 Å². The summed E-state index contributed by atoms with van der Waals surface area (Å²) >= 11 is 0. The van der Waals surface area contributed by atoms with Gasteiger partial charge in [-0.05, 0) is 16.8 Å². The van der Waals surface area contributed by atoms with Gasteiger partial charge in [-0.2, -0.15) is 0 Å². The molecule has 3 aromatic carbocycles. The minimum Gasteiger partial charge on any atom is -0.294 e. The molecule has 28 heavy (non-hydrogen) atoms. The highest BCUT2D eigenvalue weighted by Gasteiger charge is 2.33. The Bertz CT molecular complexity index is 1180. The quantitative estimate of drug-likeness (QED) is 0.202. The predicted molar refractivity (Wildman–Crippen MR) is 91.2 cm³/mol. The van der Waals surface area contributed by atoms with Gasteiger partial charge in [-0.1, -0.05) is 36.4 Å². The monoisotopic (exact) mass is 414 g/mol. The fourth-order valence-electron chi connectivity index (χ4n) is 2.69. The highest BCUT2D eigenvalue weighted by molar-refractivity contribution is 7.91. The SMILES string of the molecule is O=C(CCS(=O)(=O)c1c(F)c(F)c(F)c(F)c1F)c1ccc2ccccc2c1. The van der Waals surface area contributed by atoms with Gasteiger partial charge in [0.2, 0.25) is 5.82 Å². The zero-order chi connectivity index (χ0) is 20.6. The molecule has 0 bridgehead atoms. The summed E-state index contributed by atoms with van der Waals surface area (Å²) in [7, 11) is -4.95. The van der Waals surface area contributed by atoms with Crippen molar-refractivity contribution in [2.45, 2.75) is 11.3 Å². The number of halogens is 5. The molecule has 0 heterocycles. The first-order valence-electron chi connectivity index (χ1n) is 7.89. The standard InChI is InChI=1S/C19H11F5O3S/c20-14-15(21)17(23)19(18(24)16(14)22)28(26,27)8-7-13(25)12-6-5-10-3-1-2-4-11(10)9-12/h1-6,9H,7-8H2. The molecule has 0 atom stereocenters. The van der Waals surface area contributed by atoms with Gasteiger partial charge in [-0.15, -0.1) is 0 Å². The highest BCUT2D eigenvalue weighted by Crippen LogP contribution is 2.28. The van der Waals surface area contributed by atoms with Crippen LogP contribution in [0.5, 0.6) is 0 Å². The van der Waals surface area contributed by atoms with Crippen LogP contribution in [0.15, 0.2) is 47.4 Å². The molecule has 0 aromatic heterocycles. The van der Waals surface area contributed by atoms with Gasteiger partial charge in [0.15, 0.2) is 38.9 Å². The van der Waals surface area contributed by atoms with Crippen LogP contribution in [0.25, 0.3) is 10.8 Å². The van der Waals surface area contributed by atoms with Crippen molar-refractivity contribution >= 4 is 26.4 Å². The van der Waals surface area contributed by atoms with E-state index in [1.54, 1.807) is 30.3 Å². The van der Waals surface area contributed by atoms with Crippen LogP contribution >= 0.6 is 0 Å². The third-order valence-corrected chi connectivity index (χ3v) is 5.87. The predicted octanol–water partition coefficient (Wildman–Crippen LogP) is 4.58. The average Bonchev–Trinajstić information content (AvgIpc) is 2.68. The third kappa shape index (κ3) is 3.49. The Balaban J connectivity index is 1.88. The maximum absolute atomic E-state index is 13.7. The van der Waals surface area contributed by atoms with E-state index in [1.165, 1.54) is 12.1 Å². The van der Waals surface area contributed by atoms with Crippen LogP contribution in [0, 0.1) is 29.1 Å². The minimum absolute atomic E-state index is 0.159. The summed E-state index contributed by atoms with van der Waals surface area (Å²) in [6.45, 7) is 0. The summed E-state index contributed by atoms with van der Waals surface area (Å²) in [5, 5.41) is 1.56. The van der Waals surface area contributed by atoms with Gasteiger partial charge in [-0.25, -0.2) is 30.4 Å². The topological polar surface area (TPSA) is 51.2 Å². The van der Waals surface area contributed by atoms with E-state index in [0.717, 1.165) is 10.8 Å². The Morgan fingerprint density at radius 1 is 0.750 bits per heavy atom. The summed E-state index contributed by atoms with van der Waals surface area (Å²) in [6.07, 6.45) is -0.694. The number of fused-ring (bicyclic) bond motifs is 1. The average molecular weight is 414 g/mol. The molecule has 3 rings (SSSR count). The van der Waals surface area contributed by atoms with Gasteiger partial charge in [0.25, 0.3) is 0 Å². The number of rotatable bonds is 5. The van der Waals surface area contributed by atoms with E-state index in [9.17, 15) is 35.2 Å². The van der Waals surface area contributed by atoms with Crippen molar-refractivity contribution in [1.82, 2.24) is 0 Å². The van der Waals surface area contributed by atoms with Crippen LogP contribution < -0.4 is 0 Å². The van der Waals surface area contributed by atoms with Crippen molar-refractivity contribution in [3.05, 3.63) is 77.1 Å². The molecule has 0 N–H and O–H groups in total. The lowest BCUT2D eigenvalue weighted by Gasteiger charge is -2.09. The minimum atomic E-state index is -4.95. The maximum atomic E-state index is 13.7. The molecule has 146 valence electrons. The Morgan fingerprint density at radius 3 is 1.89 bits per heavy atom. The normalized spacial score (nSPS) is 11.8. The van der Waals surface area contributed by atoms with Gasteiger partial charge in [0, 0.05) is 12.0 Å². The third-order valence-electron chi connectivity index (χ3n) is 4.15. The number of ketones is 1. The molecule has 0 aliphatic carbocycles. The van der Waals surface area contributed by atoms with Crippen molar-refractivity contribution in [3.8, 4) is 0 Å². The van der Waals surface area contributed by atoms with Crippen LogP contribution in [0.2, 0.25) is 0 Å². The lowest BCUT2D eigenvalue weighted by molar-refractivity contribution is 0.0989. The number of carbonyl (C=O) groups is 1. The van der Waals surface area contributed by atoms with Crippen LogP contribution in [0.1, 0.15) is 16.8 Å². The van der Waals surface area contributed by atoms with Crippen molar-refractivity contribution in [3.63, 3.8) is 0 Å². The Hall–Kier alpha value is -2.81. The molecule has 0 aliphatic heterocycles. The Morgan fingerprint density at radius 2 is 1.29 bits per heavy atom. The van der Waals surface area contributed by atoms with Crippen molar-refractivity contribution in [2.75, 3.05) is 5.75 Å². The van der Waals surface area contributed by atoms with Crippen molar-refractivity contribution < 1.29 is 35.2 Å². The first-order valence-corrected chi connectivity index (χ1v) is 9.55. The number of hydrogen-bond donors (Lipinski definition) is 0. The molecular formula is C19H11F5O3S. The largest absolute Gasteiger partial charge is 0.294 e. The van der Waals surface area contributed by atoms with Gasteiger partial charge in [0.1, 0.15) is 4.90 Å². The van der Waals surface area contributed by atoms with Crippen LogP contribution in [0.3, 0.4) is 0 Å². The van der Waals surface area contributed by atoms with Gasteiger partial charge in [-0.3, -0.25) is 4.79 Å². The zero-order valence-electron chi connectivity index (χ0n) is 14.0. The van der Waals surface area contributed by atoms with E-state index in [0.29, 0.717) is 0 Å². The Kier molecular flexibility index (Phi) is 5.20. The smallest absolute Gasteiger partial charge is 0.200 e. The Labute approximate surface area is 156 Å². The van der Waals surface area contributed by atoms with E-state index in [1.807, 2.05) is 0 Å². The maximum Gasteiger partial charge on any atom is 0.200 e. The van der Waals surface area contributed by atoms with E-state index >= 15 is 0 Å². The molecule has 0 aliphatic rings. The van der Waals surface area contributed by atoms with Gasteiger partial charge >= 0.3 is 0 Å². The summed E-state index contributed by atoms with van der Waals surface area (Å²) in [6, 6.07) is 11.7. The number of Topliss-reactive ketones (excluding diaryl/α,β-unsaturated/α-hetero) is 1. The molecule has 9 heteroatoms. The number of hydrogen-bond acceptors (Lipinski definition) is 3. The second-order valence-corrected chi connectivity index (χ2v) is 8.00. The lowest BCUT2D eigenvalue weighted by atomic mass is 10.0. The van der Waals surface area contributed by atoms with E-state index < -0.39 is 61.8 Å². The van der Waals surface area contributed by atoms with Gasteiger partial charge < -0.3 is 0 Å². The molecule has 3 aromatic rings. The fourth-order valence-corrected chi connectivity index (χ4v) is 4.08. The van der Waals surface area contributed by atoms with Crippen LogP contribution in [-0.4, -0.2) is 20.0 Å². The molecule has 0 fully saturated rings. The number of carbonyl (C=O) groups excluding carboxylic acids is 1. The summed E-state index contributed by atoms with van der Waals surface area (Å²) in [5.41, 5.74) is 0.159. The molecule has 0 saturated heterocycles. The van der Waals surface area contributed by atoms with Crippen molar-refractivity contribution in [1.29, 1.82) is 0 Å². The summed E-state index contributed by atoms with van der Waals surface area (Å²) in [5.74, 6) is -13.9. The molecule has 0 radical (unpaired) electrons. The van der Waals surface area contributed by atoms with Crippen LogP contribution in [0.4, 0.5) is 22.0 Å². The fraction of sp³-hybridized carbons (Fsp3) is 0.105. The molecular weight excluding hydrogens is 403 g/mol. The first kappa shape index (κ1) is 19.9. The van der Waals surface area contributed by atoms with Crippen LogP contribution in [-0.2, 0) is 9.84 Å². The highest BCUT2D eigenvalue weighted by atomic mass is 32.2. The second-order valence-electron chi connectivity index (χ2n) is 5.95. The molecule has 0 spiro atoms.